The van der Waals surface area contributed by atoms with Crippen LogP contribution in [-0.2, 0) is 18.5 Å². The zero-order chi connectivity index (χ0) is 41.2. The lowest BCUT2D eigenvalue weighted by molar-refractivity contribution is -0.138. The molecule has 0 bridgehead atoms. The second kappa shape index (κ2) is 13.7. The third kappa shape index (κ3) is 7.53. The number of para-hydroxylation sites is 1. The molecule has 8 rings (SSSR count). The second-order valence-corrected chi connectivity index (χ2v) is 13.1. The molecule has 0 saturated heterocycles. The maximum Gasteiger partial charge on any atom is 0.416 e. The minimum Gasteiger partial charge on any atom is -0.309 e. The zero-order valence-electron chi connectivity index (χ0n) is 29.1. The van der Waals surface area contributed by atoms with E-state index in [1.807, 2.05) is 0 Å². The largest absolute Gasteiger partial charge is 0.416 e. The van der Waals surface area contributed by atoms with Gasteiger partial charge in [-0.2, -0.15) is 52.7 Å². The normalized spacial score (nSPS) is 12.7. The van der Waals surface area contributed by atoms with Crippen LogP contribution in [0.1, 0.15) is 34.7 Å². The first-order valence-corrected chi connectivity index (χ1v) is 16.8. The summed E-state index contributed by atoms with van der Waals surface area (Å²) in [5.74, 6) is 0. The fourth-order valence-corrected chi connectivity index (χ4v) is 6.86. The molecule has 15 heteroatoms. The van der Waals surface area contributed by atoms with Crippen LogP contribution in [0.25, 0.3) is 60.6 Å². The molecule has 0 fully saturated rings. The fourth-order valence-electron chi connectivity index (χ4n) is 6.86. The van der Waals surface area contributed by atoms with Crippen LogP contribution in [0.3, 0.4) is 0 Å². The highest BCUT2D eigenvalue weighted by Gasteiger charge is 2.34. The molecule has 0 unspecified atom stereocenters. The van der Waals surface area contributed by atoms with Gasteiger partial charge in [-0.05, 0) is 83.9 Å². The summed E-state index contributed by atoms with van der Waals surface area (Å²) in [6, 6.07) is 24.5. The Balaban J connectivity index is 0.000000935. The van der Waals surface area contributed by atoms with Crippen molar-refractivity contribution < 1.29 is 52.7 Å². The number of pyridine rings is 1. The van der Waals surface area contributed by atoms with Crippen molar-refractivity contribution in [3.63, 3.8) is 0 Å². The lowest BCUT2D eigenvalue weighted by Crippen LogP contribution is -2.07. The summed E-state index contributed by atoms with van der Waals surface area (Å²) in [6.45, 7) is 4.46. The summed E-state index contributed by atoms with van der Waals surface area (Å²) in [5, 5.41) is 1.78. The first kappa shape index (κ1) is 39.0. The van der Waals surface area contributed by atoms with Crippen LogP contribution in [0.15, 0.2) is 128 Å². The molecule has 0 spiro atoms. The zero-order valence-corrected chi connectivity index (χ0v) is 29.1. The van der Waals surface area contributed by atoms with Crippen LogP contribution < -0.4 is 0 Å². The quantitative estimate of drug-likeness (QED) is 0.163. The molecule has 3 heterocycles. The van der Waals surface area contributed by atoms with Crippen molar-refractivity contribution in [1.82, 2.24) is 14.1 Å². The van der Waals surface area contributed by atoms with E-state index in [-0.39, 0.29) is 39.9 Å². The Morgan fingerprint density at radius 1 is 0.491 bits per heavy atom. The first-order valence-electron chi connectivity index (χ1n) is 16.8. The first-order chi connectivity index (χ1) is 26.6. The standard InChI is InChI=1S/C40H22F9N3.C2H3F3/c1-22(23-14-16-50-17-15-23)32-21-27(51-33-5-3-2-4-28(33)29-10-6-24(18-35(29)51)38(41,42)43)9-13-34(32)52-36-19-25(39(44,45)46)7-11-30(36)31-12-8-26(20-37(31)52)40(47,48)49;1-2(3,4)5/h2-21H,1H2;1H3. The van der Waals surface area contributed by atoms with E-state index in [0.29, 0.717) is 38.7 Å². The average molecular weight is 800 g/mol. The molecule has 0 N–H and O–H groups in total. The predicted octanol–water partition coefficient (Wildman–Crippen LogP) is 14.0. The van der Waals surface area contributed by atoms with Crippen LogP contribution in [0, 0.1) is 0 Å². The number of hydrogen-bond donors (Lipinski definition) is 0. The average Bonchev–Trinajstić information content (AvgIpc) is 3.64. The molecule has 3 nitrogen and oxygen atoms in total. The maximum absolute atomic E-state index is 14.1. The molecule has 0 saturated carbocycles. The van der Waals surface area contributed by atoms with E-state index < -0.39 is 41.4 Å². The number of nitrogens with zero attached hydrogens (tertiary/aromatic N) is 3. The van der Waals surface area contributed by atoms with Gasteiger partial charge in [-0.15, -0.1) is 0 Å². The van der Waals surface area contributed by atoms with E-state index in [9.17, 15) is 52.7 Å². The molecular formula is C42H25F12N3. The highest BCUT2D eigenvalue weighted by Crippen LogP contribution is 2.43. The van der Waals surface area contributed by atoms with Crippen LogP contribution in [0.2, 0.25) is 0 Å². The van der Waals surface area contributed by atoms with Gasteiger partial charge in [0, 0.05) is 52.1 Å². The van der Waals surface area contributed by atoms with Gasteiger partial charge in [-0.3, -0.25) is 4.98 Å². The number of aromatic nitrogens is 3. The van der Waals surface area contributed by atoms with Gasteiger partial charge in [0.05, 0.1) is 44.4 Å². The van der Waals surface area contributed by atoms with Crippen molar-refractivity contribution in [1.29, 1.82) is 0 Å². The van der Waals surface area contributed by atoms with Crippen molar-refractivity contribution >= 4 is 49.2 Å². The van der Waals surface area contributed by atoms with Crippen molar-refractivity contribution in [2.24, 2.45) is 0 Å². The predicted molar refractivity (Wildman–Crippen MR) is 194 cm³/mol. The monoisotopic (exact) mass is 799 g/mol. The number of rotatable bonds is 4. The summed E-state index contributed by atoms with van der Waals surface area (Å²) < 4.78 is 160. The molecule has 0 aliphatic heterocycles. The summed E-state index contributed by atoms with van der Waals surface area (Å²) >= 11 is 0. The molecule has 0 aliphatic carbocycles. The van der Waals surface area contributed by atoms with Gasteiger partial charge in [0.15, 0.2) is 0 Å². The number of halogens is 12. The topological polar surface area (TPSA) is 22.8 Å². The minimum absolute atomic E-state index is 0.00707. The lowest BCUT2D eigenvalue weighted by atomic mass is 9.97. The minimum atomic E-state index is -4.76. The molecular weight excluding hydrogens is 774 g/mol. The summed E-state index contributed by atoms with van der Waals surface area (Å²) in [5.41, 5.74) is -0.310. The molecule has 0 aliphatic rings. The van der Waals surface area contributed by atoms with Gasteiger partial charge >= 0.3 is 24.7 Å². The molecule has 0 amide bonds. The van der Waals surface area contributed by atoms with Crippen LogP contribution in [0.4, 0.5) is 52.7 Å². The second-order valence-electron chi connectivity index (χ2n) is 13.1. The van der Waals surface area contributed by atoms with E-state index in [1.165, 1.54) is 41.2 Å². The van der Waals surface area contributed by atoms with E-state index in [0.717, 1.165) is 36.4 Å². The Labute approximate surface area is 314 Å². The Kier molecular flexibility index (Phi) is 9.40. The van der Waals surface area contributed by atoms with Crippen molar-refractivity contribution in [2.45, 2.75) is 31.6 Å². The lowest BCUT2D eigenvalue weighted by Gasteiger charge is -2.19. The van der Waals surface area contributed by atoms with E-state index >= 15 is 0 Å². The summed E-state index contributed by atoms with van der Waals surface area (Å²) in [4.78, 5) is 4.04. The van der Waals surface area contributed by atoms with Gasteiger partial charge in [-0.1, -0.05) is 43.0 Å². The highest BCUT2D eigenvalue weighted by atomic mass is 19.4. The molecule has 292 valence electrons. The third-order valence-corrected chi connectivity index (χ3v) is 9.26. The van der Waals surface area contributed by atoms with Crippen molar-refractivity contribution in [3.05, 3.63) is 156 Å². The Morgan fingerprint density at radius 3 is 1.37 bits per heavy atom. The van der Waals surface area contributed by atoms with Gasteiger partial charge < -0.3 is 9.13 Å². The van der Waals surface area contributed by atoms with Gasteiger partial charge in [0.2, 0.25) is 0 Å². The van der Waals surface area contributed by atoms with Gasteiger partial charge in [0.1, 0.15) is 0 Å². The van der Waals surface area contributed by atoms with Gasteiger partial charge in [0.25, 0.3) is 0 Å². The SMILES string of the molecule is C=C(c1ccncc1)c1cc(-n2c3ccccc3c3ccc(C(F)(F)F)cc32)ccc1-n1c2cc(C(F)(F)F)ccc2c2ccc(C(F)(F)F)cc21.CC(F)(F)F. The molecule has 8 aromatic rings. The smallest absolute Gasteiger partial charge is 0.309 e. The Hall–Kier alpha value is -6.25. The van der Waals surface area contributed by atoms with Gasteiger partial charge in [-0.25, -0.2) is 0 Å². The fraction of sp³-hybridized carbons (Fsp3) is 0.119. The van der Waals surface area contributed by atoms with E-state index in [1.54, 1.807) is 53.1 Å². The molecule has 0 radical (unpaired) electrons. The Morgan fingerprint density at radius 2 is 0.912 bits per heavy atom. The molecule has 3 aromatic heterocycles. The van der Waals surface area contributed by atoms with Crippen LogP contribution in [-0.4, -0.2) is 20.3 Å². The van der Waals surface area contributed by atoms with Crippen LogP contribution >= 0.6 is 0 Å². The summed E-state index contributed by atoms with van der Waals surface area (Å²) in [7, 11) is 0. The third-order valence-electron chi connectivity index (χ3n) is 9.26. The molecule has 57 heavy (non-hydrogen) atoms. The number of hydrogen-bond acceptors (Lipinski definition) is 1. The maximum atomic E-state index is 14.1. The summed E-state index contributed by atoms with van der Waals surface area (Å²) in [6.07, 6.45) is -15.2. The van der Waals surface area contributed by atoms with Crippen molar-refractivity contribution in [3.8, 4) is 11.4 Å². The number of fused-ring (bicyclic) bond motifs is 6. The van der Waals surface area contributed by atoms with Crippen molar-refractivity contribution in [2.75, 3.05) is 0 Å². The van der Waals surface area contributed by atoms with E-state index in [4.69, 9.17) is 0 Å². The molecule has 0 atom stereocenters. The van der Waals surface area contributed by atoms with Crippen LogP contribution in [0.5, 0.6) is 0 Å². The van der Waals surface area contributed by atoms with E-state index in [2.05, 4.69) is 11.6 Å². The highest BCUT2D eigenvalue weighted by molar-refractivity contribution is 6.11. The molecule has 5 aromatic carbocycles. The Bertz CT molecular complexity index is 2740. The number of alkyl halides is 12. The number of benzene rings is 5.